The molecular formula is C36H44BrN3O. The number of carbonyl (C=O) groups is 1. The fraction of sp³-hybridized carbons (Fsp3) is 0.389. The van der Waals surface area contributed by atoms with Crippen molar-refractivity contribution >= 4 is 27.5 Å². The summed E-state index contributed by atoms with van der Waals surface area (Å²) >= 11 is 3.65. The van der Waals surface area contributed by atoms with Crippen molar-refractivity contribution in [2.24, 2.45) is 0 Å². The summed E-state index contributed by atoms with van der Waals surface area (Å²) in [5.41, 5.74) is 6.23. The Morgan fingerprint density at radius 1 is 1.10 bits per heavy atom. The van der Waals surface area contributed by atoms with E-state index < -0.39 is 5.41 Å². The van der Waals surface area contributed by atoms with Crippen LogP contribution in [0.5, 0.6) is 0 Å². The van der Waals surface area contributed by atoms with E-state index in [2.05, 4.69) is 120 Å². The number of likely N-dealkylation sites (tertiary alicyclic amines) is 1. The van der Waals surface area contributed by atoms with E-state index in [9.17, 15) is 4.79 Å². The molecule has 1 spiro atoms. The van der Waals surface area contributed by atoms with Gasteiger partial charge in [-0.3, -0.25) is 14.7 Å². The van der Waals surface area contributed by atoms with Crippen LogP contribution in [0.4, 0.5) is 5.69 Å². The van der Waals surface area contributed by atoms with Gasteiger partial charge in [-0.1, -0.05) is 90.5 Å². The number of benzene rings is 1. The van der Waals surface area contributed by atoms with Crippen LogP contribution >= 0.6 is 15.9 Å². The zero-order valence-corrected chi connectivity index (χ0v) is 26.5. The first-order valence-corrected chi connectivity index (χ1v) is 15.8. The fourth-order valence-electron chi connectivity index (χ4n) is 5.84. The minimum Gasteiger partial charge on any atom is -0.307 e. The second kappa shape index (κ2) is 14.7. The lowest BCUT2D eigenvalue weighted by molar-refractivity contribution is -0.124. The molecule has 0 aliphatic carbocycles. The summed E-state index contributed by atoms with van der Waals surface area (Å²) in [6.07, 6.45) is 22.8. The largest absolute Gasteiger partial charge is 0.307 e. The molecule has 5 heteroatoms. The zero-order valence-electron chi connectivity index (χ0n) is 24.9. The minimum absolute atomic E-state index is 0.228. The monoisotopic (exact) mass is 613 g/mol. The molecule has 0 bridgehead atoms. The number of carbonyl (C=O) groups excluding carboxylic acids is 1. The van der Waals surface area contributed by atoms with E-state index in [1.165, 1.54) is 11.1 Å². The maximum absolute atomic E-state index is 14.2. The Morgan fingerprint density at radius 2 is 1.88 bits per heavy atom. The van der Waals surface area contributed by atoms with Gasteiger partial charge in [0.1, 0.15) is 0 Å². The number of aromatic nitrogens is 1. The van der Waals surface area contributed by atoms with Crippen LogP contribution in [-0.4, -0.2) is 35.4 Å². The van der Waals surface area contributed by atoms with Gasteiger partial charge in [-0.2, -0.15) is 0 Å². The van der Waals surface area contributed by atoms with E-state index in [1.54, 1.807) is 0 Å². The van der Waals surface area contributed by atoms with E-state index in [1.807, 2.05) is 17.2 Å². The normalized spacial score (nSPS) is 17.5. The van der Waals surface area contributed by atoms with Gasteiger partial charge in [0, 0.05) is 29.4 Å². The van der Waals surface area contributed by atoms with Crippen LogP contribution in [0.2, 0.25) is 0 Å². The van der Waals surface area contributed by atoms with E-state index >= 15 is 0 Å². The van der Waals surface area contributed by atoms with Gasteiger partial charge in [0.15, 0.2) is 0 Å². The molecule has 2 aliphatic heterocycles. The first-order valence-electron chi connectivity index (χ1n) is 15.0. The number of hydrogen-bond donors (Lipinski definition) is 0. The smallest absolute Gasteiger partial charge is 0.238 e. The van der Waals surface area contributed by atoms with E-state index in [4.69, 9.17) is 0 Å². The van der Waals surface area contributed by atoms with Gasteiger partial charge in [0.25, 0.3) is 0 Å². The minimum atomic E-state index is -0.459. The Hall–Kier alpha value is -3.02. The van der Waals surface area contributed by atoms with Gasteiger partial charge in [-0.05, 0) is 99.5 Å². The zero-order chi connectivity index (χ0) is 29.2. The maximum atomic E-state index is 14.2. The summed E-state index contributed by atoms with van der Waals surface area (Å²) in [5.74, 6) is 0.228. The van der Waals surface area contributed by atoms with Crippen LogP contribution in [0, 0.1) is 6.92 Å². The van der Waals surface area contributed by atoms with Gasteiger partial charge < -0.3 is 4.90 Å². The second-order valence-electron chi connectivity index (χ2n) is 11.1. The highest BCUT2D eigenvalue weighted by Gasteiger charge is 2.51. The Morgan fingerprint density at radius 3 is 2.61 bits per heavy atom. The molecule has 41 heavy (non-hydrogen) atoms. The summed E-state index contributed by atoms with van der Waals surface area (Å²) in [7, 11) is 0. The average molecular weight is 615 g/mol. The molecule has 4 rings (SSSR count). The quantitative estimate of drug-likeness (QED) is 0.136. The Balaban J connectivity index is 1.48. The number of nitrogens with zero attached hydrogens (tertiary/aromatic N) is 3. The molecule has 0 N–H and O–H groups in total. The van der Waals surface area contributed by atoms with Gasteiger partial charge in [-0.25, -0.2) is 0 Å². The van der Waals surface area contributed by atoms with Gasteiger partial charge in [0.2, 0.25) is 5.91 Å². The first-order chi connectivity index (χ1) is 19.9. The molecule has 4 nitrogen and oxygen atoms in total. The second-order valence-corrected chi connectivity index (χ2v) is 12.0. The van der Waals surface area contributed by atoms with Gasteiger partial charge in [-0.15, -0.1) is 0 Å². The van der Waals surface area contributed by atoms with Crippen molar-refractivity contribution in [1.82, 2.24) is 9.88 Å². The molecule has 2 aliphatic rings. The predicted molar refractivity (Wildman–Crippen MR) is 176 cm³/mol. The highest BCUT2D eigenvalue weighted by molar-refractivity contribution is 9.10. The van der Waals surface area contributed by atoms with E-state index in [0.29, 0.717) is 6.54 Å². The lowest BCUT2D eigenvalue weighted by Gasteiger charge is -2.38. The van der Waals surface area contributed by atoms with Crippen molar-refractivity contribution in [3.05, 3.63) is 118 Å². The van der Waals surface area contributed by atoms with Crippen molar-refractivity contribution in [2.75, 3.05) is 24.5 Å². The molecule has 3 heterocycles. The first kappa shape index (κ1) is 30.9. The molecule has 216 valence electrons. The van der Waals surface area contributed by atoms with Crippen LogP contribution in [-0.2, 0) is 16.8 Å². The molecule has 0 radical (unpaired) electrons. The van der Waals surface area contributed by atoms with Crippen LogP contribution in [0.1, 0.15) is 69.2 Å². The van der Waals surface area contributed by atoms with Crippen LogP contribution < -0.4 is 4.90 Å². The van der Waals surface area contributed by atoms with Gasteiger partial charge >= 0.3 is 0 Å². The summed E-state index contributed by atoms with van der Waals surface area (Å²) in [4.78, 5) is 23.2. The fourth-order valence-corrected chi connectivity index (χ4v) is 6.19. The molecule has 1 aromatic heterocycles. The van der Waals surface area contributed by atoms with Crippen LogP contribution in [0.3, 0.4) is 0 Å². The molecule has 0 atom stereocenters. The topological polar surface area (TPSA) is 36.4 Å². The summed E-state index contributed by atoms with van der Waals surface area (Å²) in [6, 6.07) is 10.5. The summed E-state index contributed by atoms with van der Waals surface area (Å²) in [6.45, 7) is 13.8. The number of fused-ring (bicyclic) bond motifs is 2. The number of aryl methyl sites for hydroxylation is 1. The molecule has 1 amide bonds. The number of piperidine rings is 1. The van der Waals surface area contributed by atoms with Crippen LogP contribution in [0.15, 0.2) is 101 Å². The number of pyridine rings is 1. The number of hydrogen-bond acceptors (Lipinski definition) is 3. The number of rotatable bonds is 12. The molecule has 0 saturated carbocycles. The number of allylic oxidation sites excluding steroid dienone is 8. The number of halogens is 1. The highest BCUT2D eigenvalue weighted by atomic mass is 79.9. The van der Waals surface area contributed by atoms with Crippen molar-refractivity contribution in [3.8, 4) is 0 Å². The standard InChI is InChI=1S/C36H44BrN3O/c1-5-7-9-10-11-14-28(3)30(16-8-6-2)17-13-23-40-34-26-31(37)18-19-32(34)36(35(40)41)20-24-39(25-21-36)27-33-29(4)15-12-22-38-33/h5,7,11-19,22,26H,3,6,8-10,20-21,23-25,27H2,1-2,4H3/b7-5-,14-11-,17-13-,30-16+. The third-order valence-electron chi connectivity index (χ3n) is 8.29. The van der Waals surface area contributed by atoms with Crippen molar-refractivity contribution < 1.29 is 4.79 Å². The molecule has 2 aromatic rings. The molecular weight excluding hydrogens is 570 g/mol. The SMILES string of the molecule is C=C(/C=C\CC/C=C\C)C(/C=C\CN1C(=O)C2(CCN(Cc3ncccc3C)CC2)c2ccc(Br)cc21)=C/CCC. The number of anilines is 1. The summed E-state index contributed by atoms with van der Waals surface area (Å²) < 4.78 is 0.998. The Kier molecular flexibility index (Phi) is 11.1. The predicted octanol–water partition coefficient (Wildman–Crippen LogP) is 8.78. The Labute approximate surface area is 255 Å². The van der Waals surface area contributed by atoms with Crippen molar-refractivity contribution in [2.45, 2.75) is 71.3 Å². The lowest BCUT2D eigenvalue weighted by Crippen LogP contribution is -2.48. The third kappa shape index (κ3) is 7.44. The Bertz CT molecular complexity index is 1340. The molecule has 0 unspecified atom stereocenters. The highest BCUT2D eigenvalue weighted by Crippen LogP contribution is 2.49. The van der Waals surface area contributed by atoms with E-state index in [0.717, 1.165) is 85.2 Å². The lowest BCUT2D eigenvalue weighted by atomic mass is 9.73. The molecule has 1 aromatic carbocycles. The number of unbranched alkanes of at least 4 members (excludes halogenated alkanes) is 2. The third-order valence-corrected chi connectivity index (χ3v) is 8.78. The van der Waals surface area contributed by atoms with Crippen molar-refractivity contribution in [1.29, 1.82) is 0 Å². The van der Waals surface area contributed by atoms with Crippen molar-refractivity contribution in [3.63, 3.8) is 0 Å². The summed E-state index contributed by atoms with van der Waals surface area (Å²) in [5, 5.41) is 0. The number of amides is 1. The maximum Gasteiger partial charge on any atom is 0.238 e. The van der Waals surface area contributed by atoms with E-state index in [-0.39, 0.29) is 5.91 Å². The van der Waals surface area contributed by atoms with Gasteiger partial charge in [0.05, 0.1) is 11.1 Å². The van der Waals surface area contributed by atoms with Crippen LogP contribution in [0.25, 0.3) is 0 Å². The molecule has 1 fully saturated rings. The average Bonchev–Trinajstić information content (AvgIpc) is 3.18. The molecule has 1 saturated heterocycles.